The Kier molecular flexibility index (Phi) is 5.86. The number of esters is 1. The summed E-state index contributed by atoms with van der Waals surface area (Å²) < 4.78 is 49.4. The van der Waals surface area contributed by atoms with Crippen molar-refractivity contribution in [1.82, 2.24) is 0 Å². The highest BCUT2D eigenvalue weighted by Gasteiger charge is 2.32. The van der Waals surface area contributed by atoms with E-state index in [9.17, 15) is 22.8 Å². The van der Waals surface area contributed by atoms with Crippen LogP contribution in [0, 0.1) is 17.5 Å². The lowest BCUT2D eigenvalue weighted by Crippen LogP contribution is -2.41. The highest BCUT2D eigenvalue weighted by atomic mass is 19.1. The van der Waals surface area contributed by atoms with Gasteiger partial charge in [0.05, 0.1) is 5.69 Å². The van der Waals surface area contributed by atoms with Crippen LogP contribution < -0.4 is 10.1 Å². The molecule has 2 rings (SSSR count). The van der Waals surface area contributed by atoms with E-state index in [0.29, 0.717) is 6.07 Å². The largest absolute Gasteiger partial charge is 0.476 e. The minimum Gasteiger partial charge on any atom is -0.476 e. The zero-order valence-corrected chi connectivity index (χ0v) is 14.0. The van der Waals surface area contributed by atoms with E-state index in [2.05, 4.69) is 5.32 Å². The van der Waals surface area contributed by atoms with Crippen LogP contribution >= 0.6 is 0 Å². The van der Waals surface area contributed by atoms with Gasteiger partial charge in [0, 0.05) is 6.07 Å². The molecule has 1 amide bonds. The Balaban J connectivity index is 1.89. The lowest BCUT2D eigenvalue weighted by atomic mass is 10.1. The first-order valence-corrected chi connectivity index (χ1v) is 7.54. The number of anilines is 1. The molecule has 0 bridgehead atoms. The van der Waals surface area contributed by atoms with E-state index in [4.69, 9.17) is 9.47 Å². The molecule has 0 saturated heterocycles. The highest BCUT2D eigenvalue weighted by Crippen LogP contribution is 2.20. The smallest absolute Gasteiger partial charge is 0.350 e. The van der Waals surface area contributed by atoms with Gasteiger partial charge < -0.3 is 14.8 Å². The topological polar surface area (TPSA) is 64.6 Å². The molecule has 1 N–H and O–H groups in total. The van der Waals surface area contributed by atoms with E-state index in [0.717, 1.165) is 12.1 Å². The number of hydrogen-bond donors (Lipinski definition) is 1. The fourth-order valence-electron chi connectivity index (χ4n) is 1.92. The normalized spacial score (nSPS) is 11.0. The van der Waals surface area contributed by atoms with Crippen LogP contribution in [0.1, 0.15) is 13.8 Å². The zero-order valence-electron chi connectivity index (χ0n) is 14.0. The fourth-order valence-corrected chi connectivity index (χ4v) is 1.92. The summed E-state index contributed by atoms with van der Waals surface area (Å²) in [6, 6.07) is 7.66. The summed E-state index contributed by atoms with van der Waals surface area (Å²) in [4.78, 5) is 23.8. The summed E-state index contributed by atoms with van der Waals surface area (Å²) in [7, 11) is 0. The van der Waals surface area contributed by atoms with E-state index in [1.54, 1.807) is 0 Å². The molecule has 2 aromatic carbocycles. The Labute approximate surface area is 147 Å². The average molecular weight is 367 g/mol. The molecule has 26 heavy (non-hydrogen) atoms. The number of ether oxygens (including phenoxy) is 2. The number of rotatable bonds is 6. The molecule has 0 unspecified atom stereocenters. The van der Waals surface area contributed by atoms with E-state index in [1.165, 1.54) is 38.1 Å². The van der Waals surface area contributed by atoms with Crippen molar-refractivity contribution < 1.29 is 32.2 Å². The molecule has 5 nitrogen and oxygen atoms in total. The third-order valence-electron chi connectivity index (χ3n) is 3.22. The van der Waals surface area contributed by atoms with Crippen molar-refractivity contribution in [3.05, 3.63) is 59.9 Å². The first-order valence-electron chi connectivity index (χ1n) is 7.54. The van der Waals surface area contributed by atoms with E-state index in [1.807, 2.05) is 0 Å². The van der Waals surface area contributed by atoms with Crippen molar-refractivity contribution in [3.63, 3.8) is 0 Å². The lowest BCUT2D eigenvalue weighted by molar-refractivity contribution is -0.161. The van der Waals surface area contributed by atoms with Crippen molar-refractivity contribution in [2.45, 2.75) is 19.4 Å². The number of halogens is 3. The minimum absolute atomic E-state index is 0.241. The predicted octanol–water partition coefficient (Wildman–Crippen LogP) is 3.44. The maximum Gasteiger partial charge on any atom is 0.350 e. The fraction of sp³-hybridized carbons (Fsp3) is 0.222. The van der Waals surface area contributed by atoms with Gasteiger partial charge in [0.2, 0.25) is 0 Å². The Bertz CT molecular complexity index is 807. The standard InChI is InChI=1S/C18H16F3NO4/c1-18(2,26-13-6-3-11(19)4-7-13)17(24)25-10-16(23)22-15-8-5-12(20)9-14(15)21/h3-9H,10H2,1-2H3,(H,22,23). The summed E-state index contributed by atoms with van der Waals surface area (Å²) in [6.45, 7) is 2.14. The van der Waals surface area contributed by atoms with Crippen LogP contribution in [0.15, 0.2) is 42.5 Å². The third-order valence-corrected chi connectivity index (χ3v) is 3.22. The van der Waals surface area contributed by atoms with Gasteiger partial charge in [-0.25, -0.2) is 18.0 Å². The molecule has 8 heteroatoms. The van der Waals surface area contributed by atoms with Crippen molar-refractivity contribution in [3.8, 4) is 5.75 Å². The number of benzene rings is 2. The maximum atomic E-state index is 13.5. The Hall–Kier alpha value is -3.03. The van der Waals surface area contributed by atoms with E-state index in [-0.39, 0.29) is 11.4 Å². The molecule has 0 aliphatic rings. The molecule has 0 aliphatic carbocycles. The molecule has 0 saturated carbocycles. The summed E-state index contributed by atoms with van der Waals surface area (Å²) in [5, 5.41) is 2.16. The monoisotopic (exact) mass is 367 g/mol. The second kappa shape index (κ2) is 7.90. The summed E-state index contributed by atoms with van der Waals surface area (Å²) in [5.41, 5.74) is -1.69. The second-order valence-corrected chi connectivity index (χ2v) is 5.81. The van der Waals surface area contributed by atoms with E-state index < -0.39 is 41.5 Å². The van der Waals surface area contributed by atoms with Crippen LogP contribution in [-0.2, 0) is 14.3 Å². The lowest BCUT2D eigenvalue weighted by Gasteiger charge is -2.24. The van der Waals surface area contributed by atoms with Gasteiger partial charge in [-0.05, 0) is 50.2 Å². The highest BCUT2D eigenvalue weighted by molar-refractivity contribution is 5.93. The first kappa shape index (κ1) is 19.3. The SMILES string of the molecule is CC(C)(Oc1ccc(F)cc1)C(=O)OCC(=O)Nc1ccc(F)cc1F. The molecule has 2 aromatic rings. The summed E-state index contributed by atoms with van der Waals surface area (Å²) in [6.07, 6.45) is 0. The quantitative estimate of drug-likeness (QED) is 0.795. The molecule has 0 aliphatic heterocycles. The molecule has 138 valence electrons. The number of nitrogens with one attached hydrogen (secondary N) is 1. The zero-order chi connectivity index (χ0) is 19.3. The van der Waals surface area contributed by atoms with Gasteiger partial charge in [-0.1, -0.05) is 0 Å². The van der Waals surface area contributed by atoms with Crippen LogP contribution in [0.5, 0.6) is 5.75 Å². The molecule has 0 fully saturated rings. The number of carbonyl (C=O) groups is 2. The van der Waals surface area contributed by atoms with Gasteiger partial charge in [0.1, 0.15) is 23.2 Å². The van der Waals surface area contributed by atoms with Gasteiger partial charge in [0.15, 0.2) is 12.2 Å². The number of amides is 1. The van der Waals surface area contributed by atoms with Gasteiger partial charge in [-0.2, -0.15) is 0 Å². The van der Waals surface area contributed by atoms with Crippen LogP contribution in [0.2, 0.25) is 0 Å². The maximum absolute atomic E-state index is 13.5. The summed E-state index contributed by atoms with van der Waals surface area (Å²) in [5.74, 6) is -3.61. The van der Waals surface area contributed by atoms with Crippen molar-refractivity contribution in [2.75, 3.05) is 11.9 Å². The Morgan fingerprint density at radius 3 is 2.23 bits per heavy atom. The molecular formula is C18H16F3NO4. The Morgan fingerprint density at radius 1 is 1.00 bits per heavy atom. The van der Waals surface area contributed by atoms with Gasteiger partial charge in [-0.15, -0.1) is 0 Å². The van der Waals surface area contributed by atoms with Crippen LogP contribution in [0.25, 0.3) is 0 Å². The van der Waals surface area contributed by atoms with Gasteiger partial charge in [0.25, 0.3) is 5.91 Å². The van der Waals surface area contributed by atoms with Crippen molar-refractivity contribution in [2.24, 2.45) is 0 Å². The number of carbonyl (C=O) groups excluding carboxylic acids is 2. The van der Waals surface area contributed by atoms with Crippen molar-refractivity contribution in [1.29, 1.82) is 0 Å². The average Bonchev–Trinajstić information content (AvgIpc) is 2.57. The molecule has 0 atom stereocenters. The molecule has 0 heterocycles. The summed E-state index contributed by atoms with van der Waals surface area (Å²) >= 11 is 0. The first-order chi connectivity index (χ1) is 12.2. The minimum atomic E-state index is -1.45. The van der Waals surface area contributed by atoms with Crippen molar-refractivity contribution >= 4 is 17.6 Å². The van der Waals surface area contributed by atoms with Crippen LogP contribution in [0.4, 0.5) is 18.9 Å². The predicted molar refractivity (Wildman–Crippen MR) is 87.1 cm³/mol. The molecule has 0 aromatic heterocycles. The second-order valence-electron chi connectivity index (χ2n) is 5.81. The molecule has 0 spiro atoms. The van der Waals surface area contributed by atoms with Crippen LogP contribution in [-0.4, -0.2) is 24.1 Å². The van der Waals surface area contributed by atoms with E-state index >= 15 is 0 Å². The van der Waals surface area contributed by atoms with Crippen LogP contribution in [0.3, 0.4) is 0 Å². The number of hydrogen-bond acceptors (Lipinski definition) is 4. The Morgan fingerprint density at radius 2 is 1.62 bits per heavy atom. The third kappa shape index (κ3) is 5.23. The molecular weight excluding hydrogens is 351 g/mol. The molecule has 0 radical (unpaired) electrons. The van der Waals surface area contributed by atoms with Gasteiger partial charge >= 0.3 is 5.97 Å². The van der Waals surface area contributed by atoms with Gasteiger partial charge in [-0.3, -0.25) is 4.79 Å².